The first-order chi connectivity index (χ1) is 8.07. The van der Waals surface area contributed by atoms with Gasteiger partial charge in [-0.3, -0.25) is 4.72 Å². The molecule has 0 atom stereocenters. The predicted molar refractivity (Wildman–Crippen MR) is 67.6 cm³/mol. The minimum Gasteiger partial charge on any atom is -0.257 e. The smallest absolute Gasteiger partial charge is 0.238 e. The highest BCUT2D eigenvalue weighted by Gasteiger charge is 2.15. The molecule has 0 aliphatic carbocycles. The van der Waals surface area contributed by atoms with E-state index < -0.39 is 10.0 Å². The maximum absolute atomic E-state index is 11.8. The van der Waals surface area contributed by atoms with Crippen molar-refractivity contribution in [3.05, 3.63) is 40.4 Å². The first-order valence-corrected chi connectivity index (χ1v) is 7.48. The normalized spacial score (nSPS) is 11.4. The number of benzene rings is 1. The van der Waals surface area contributed by atoms with Crippen LogP contribution in [0.1, 0.15) is 5.56 Å². The molecule has 0 unspecified atom stereocenters. The van der Waals surface area contributed by atoms with Gasteiger partial charge in [0.15, 0.2) is 0 Å². The first-order valence-electron chi connectivity index (χ1n) is 4.57. The van der Waals surface area contributed by atoms with Crippen LogP contribution in [0.15, 0.2) is 29.8 Å². The van der Waals surface area contributed by atoms with E-state index in [0.29, 0.717) is 10.6 Å². The summed E-state index contributed by atoms with van der Waals surface area (Å²) in [6, 6.07) is 6.80. The monoisotopic (exact) mass is 289 g/mol. The summed E-state index contributed by atoms with van der Waals surface area (Å²) >= 11 is 7.01. The van der Waals surface area contributed by atoms with Crippen LogP contribution in [0.5, 0.6) is 0 Å². The summed E-state index contributed by atoms with van der Waals surface area (Å²) in [5.74, 6) is -0.188. The minimum absolute atomic E-state index is 0.188. The van der Waals surface area contributed by atoms with E-state index in [1.54, 1.807) is 24.3 Å². The highest BCUT2D eigenvalue weighted by molar-refractivity contribution is 7.92. The average molecular weight is 290 g/mol. The second-order valence-corrected chi connectivity index (χ2v) is 6.16. The number of aromatic nitrogens is 2. The second-order valence-electron chi connectivity index (χ2n) is 3.20. The van der Waals surface area contributed by atoms with Gasteiger partial charge < -0.3 is 0 Å². The topological polar surface area (TPSA) is 72.0 Å². The molecule has 0 saturated carbocycles. The molecular formula is C9H8ClN3O2S2. The van der Waals surface area contributed by atoms with E-state index in [2.05, 4.69) is 14.9 Å². The summed E-state index contributed by atoms with van der Waals surface area (Å²) < 4.78 is 25.9. The zero-order chi connectivity index (χ0) is 12.3. The van der Waals surface area contributed by atoms with Crippen LogP contribution in [0, 0.1) is 0 Å². The third-order valence-electron chi connectivity index (χ3n) is 1.91. The summed E-state index contributed by atoms with van der Waals surface area (Å²) in [6.45, 7) is 0. The van der Waals surface area contributed by atoms with Gasteiger partial charge in [-0.2, -0.15) is 0 Å². The van der Waals surface area contributed by atoms with Gasteiger partial charge in [0, 0.05) is 5.02 Å². The van der Waals surface area contributed by atoms with E-state index in [9.17, 15) is 8.42 Å². The number of hydrogen-bond acceptors (Lipinski definition) is 5. The summed E-state index contributed by atoms with van der Waals surface area (Å²) in [7, 11) is -3.51. The van der Waals surface area contributed by atoms with Gasteiger partial charge in [0.05, 0.1) is 5.75 Å². The Morgan fingerprint density at radius 1 is 1.35 bits per heavy atom. The van der Waals surface area contributed by atoms with E-state index in [1.165, 1.54) is 5.51 Å². The fraction of sp³-hybridized carbons (Fsp3) is 0.111. The Bertz CT molecular complexity index is 598. The fourth-order valence-corrected chi connectivity index (χ4v) is 3.39. The van der Waals surface area contributed by atoms with E-state index in [0.717, 1.165) is 11.3 Å². The van der Waals surface area contributed by atoms with E-state index in [4.69, 9.17) is 11.6 Å². The van der Waals surface area contributed by atoms with Crippen LogP contribution in [0.2, 0.25) is 5.02 Å². The van der Waals surface area contributed by atoms with E-state index in [1.807, 2.05) is 0 Å². The Hall–Kier alpha value is -1.18. The van der Waals surface area contributed by atoms with Crippen molar-refractivity contribution >= 4 is 38.1 Å². The summed E-state index contributed by atoms with van der Waals surface area (Å²) in [4.78, 5) is 0. The Morgan fingerprint density at radius 2 is 2.12 bits per heavy atom. The number of halogens is 1. The number of sulfonamides is 1. The van der Waals surface area contributed by atoms with Crippen molar-refractivity contribution < 1.29 is 8.42 Å². The summed E-state index contributed by atoms with van der Waals surface area (Å²) in [5.41, 5.74) is 2.00. The van der Waals surface area contributed by atoms with Gasteiger partial charge in [0.2, 0.25) is 15.2 Å². The molecule has 2 aromatic rings. The molecule has 2 rings (SSSR count). The average Bonchev–Trinajstić information content (AvgIpc) is 2.73. The summed E-state index contributed by atoms with van der Waals surface area (Å²) in [6.07, 6.45) is 0. The van der Waals surface area contributed by atoms with Crippen molar-refractivity contribution in [1.29, 1.82) is 0 Å². The van der Waals surface area contributed by atoms with Crippen molar-refractivity contribution in [3.8, 4) is 0 Å². The molecule has 1 aromatic carbocycles. The molecule has 0 bridgehead atoms. The third kappa shape index (κ3) is 3.39. The maximum Gasteiger partial charge on any atom is 0.238 e. The lowest BCUT2D eigenvalue weighted by Gasteiger charge is -2.06. The molecule has 1 N–H and O–H groups in total. The molecule has 90 valence electrons. The standard InChI is InChI=1S/C9H8ClN3O2S2/c10-8-4-2-1-3-7(8)5-17(14,15)13-9-12-11-6-16-9/h1-4,6H,5H2,(H,12,13). The number of hydrogen-bond donors (Lipinski definition) is 1. The molecule has 0 spiro atoms. The molecule has 5 nitrogen and oxygen atoms in total. The van der Waals surface area contributed by atoms with Crippen LogP contribution in [0.25, 0.3) is 0 Å². The SMILES string of the molecule is O=S(=O)(Cc1ccccc1Cl)Nc1nncs1. The van der Waals surface area contributed by atoms with Gasteiger partial charge in [0.1, 0.15) is 5.51 Å². The van der Waals surface area contributed by atoms with Gasteiger partial charge in [-0.15, -0.1) is 10.2 Å². The molecule has 8 heteroatoms. The van der Waals surface area contributed by atoms with Crippen molar-refractivity contribution in [3.63, 3.8) is 0 Å². The molecular weight excluding hydrogens is 282 g/mol. The maximum atomic E-state index is 11.8. The van der Waals surface area contributed by atoms with Crippen molar-refractivity contribution in [1.82, 2.24) is 10.2 Å². The van der Waals surface area contributed by atoms with Crippen LogP contribution in [0.4, 0.5) is 5.13 Å². The molecule has 1 aromatic heterocycles. The molecule has 17 heavy (non-hydrogen) atoms. The lowest BCUT2D eigenvalue weighted by molar-refractivity contribution is 0.600. The van der Waals surface area contributed by atoms with Crippen LogP contribution < -0.4 is 4.72 Å². The molecule has 0 fully saturated rings. The van der Waals surface area contributed by atoms with Gasteiger partial charge in [-0.1, -0.05) is 41.1 Å². The number of rotatable bonds is 4. The Balaban J connectivity index is 2.16. The largest absolute Gasteiger partial charge is 0.257 e. The lowest BCUT2D eigenvalue weighted by Crippen LogP contribution is -2.15. The first kappa shape index (κ1) is 12.3. The quantitative estimate of drug-likeness (QED) is 0.936. The number of nitrogens with one attached hydrogen (secondary N) is 1. The van der Waals surface area contributed by atoms with Crippen molar-refractivity contribution in [2.45, 2.75) is 5.75 Å². The van der Waals surface area contributed by atoms with Crippen molar-refractivity contribution in [2.24, 2.45) is 0 Å². The van der Waals surface area contributed by atoms with Crippen LogP contribution in [-0.2, 0) is 15.8 Å². The molecule has 0 aliphatic heterocycles. The minimum atomic E-state index is -3.51. The van der Waals surface area contributed by atoms with Gasteiger partial charge in [-0.05, 0) is 11.6 Å². The van der Waals surface area contributed by atoms with Crippen LogP contribution in [-0.4, -0.2) is 18.6 Å². The second kappa shape index (κ2) is 4.99. The highest BCUT2D eigenvalue weighted by Crippen LogP contribution is 2.19. The zero-order valence-electron chi connectivity index (χ0n) is 8.50. The molecule has 0 amide bonds. The number of anilines is 1. The molecule has 1 heterocycles. The lowest BCUT2D eigenvalue weighted by atomic mass is 10.2. The van der Waals surface area contributed by atoms with Gasteiger partial charge in [-0.25, -0.2) is 8.42 Å². The van der Waals surface area contributed by atoms with Crippen LogP contribution in [0.3, 0.4) is 0 Å². The number of nitrogens with zero attached hydrogens (tertiary/aromatic N) is 2. The zero-order valence-corrected chi connectivity index (χ0v) is 10.9. The predicted octanol–water partition coefficient (Wildman–Crippen LogP) is 2.13. The Morgan fingerprint density at radius 3 is 2.76 bits per heavy atom. The van der Waals surface area contributed by atoms with E-state index in [-0.39, 0.29) is 10.9 Å². The fourth-order valence-electron chi connectivity index (χ4n) is 1.21. The highest BCUT2D eigenvalue weighted by atomic mass is 35.5. The van der Waals surface area contributed by atoms with Gasteiger partial charge >= 0.3 is 0 Å². The van der Waals surface area contributed by atoms with Crippen molar-refractivity contribution in [2.75, 3.05) is 4.72 Å². The van der Waals surface area contributed by atoms with E-state index >= 15 is 0 Å². The van der Waals surface area contributed by atoms with Gasteiger partial charge in [0.25, 0.3) is 0 Å². The molecule has 0 aliphatic rings. The molecule has 0 saturated heterocycles. The van der Waals surface area contributed by atoms with Crippen LogP contribution >= 0.6 is 22.9 Å². The Kier molecular flexibility index (Phi) is 3.60. The Labute approximate surface area is 108 Å². The third-order valence-corrected chi connectivity index (χ3v) is 4.21. The summed E-state index contributed by atoms with van der Waals surface area (Å²) in [5, 5.41) is 7.83. The molecule has 0 radical (unpaired) electrons.